The number of anilines is 2. The second kappa shape index (κ2) is 7.61. The molecule has 8 heteroatoms. The van der Waals surface area contributed by atoms with E-state index in [1.54, 1.807) is 25.7 Å². The summed E-state index contributed by atoms with van der Waals surface area (Å²) in [5.41, 5.74) is 8.11. The van der Waals surface area contributed by atoms with Gasteiger partial charge in [-0.3, -0.25) is 4.98 Å². The number of aromatic nitrogens is 4. The van der Waals surface area contributed by atoms with E-state index in [1.807, 2.05) is 18.2 Å². The average molecular weight is 366 g/mol. The van der Waals surface area contributed by atoms with E-state index in [2.05, 4.69) is 25.3 Å². The summed E-state index contributed by atoms with van der Waals surface area (Å²) < 4.78 is 11.3. The highest BCUT2D eigenvalue weighted by Crippen LogP contribution is 2.30. The van der Waals surface area contributed by atoms with Crippen LogP contribution in [0.3, 0.4) is 0 Å². The maximum Gasteiger partial charge on any atom is 0.318 e. The SMILES string of the molecule is COc1nccc(NC2CCC(Oc3cc(N)cc4nccnc34)CC2)n1. The molecule has 1 aliphatic rings. The summed E-state index contributed by atoms with van der Waals surface area (Å²) in [5, 5.41) is 3.45. The second-order valence-corrected chi connectivity index (χ2v) is 6.61. The third-order valence-corrected chi connectivity index (χ3v) is 4.70. The number of rotatable bonds is 5. The number of nitrogen functional groups attached to an aromatic ring is 1. The highest BCUT2D eigenvalue weighted by atomic mass is 16.5. The molecule has 2 heterocycles. The molecular formula is C19H22N6O2. The van der Waals surface area contributed by atoms with Gasteiger partial charge in [0, 0.05) is 36.4 Å². The monoisotopic (exact) mass is 366 g/mol. The molecule has 0 bridgehead atoms. The van der Waals surface area contributed by atoms with Crippen LogP contribution in [0.15, 0.2) is 36.8 Å². The Balaban J connectivity index is 1.38. The van der Waals surface area contributed by atoms with Gasteiger partial charge in [-0.05, 0) is 37.8 Å². The number of benzene rings is 1. The van der Waals surface area contributed by atoms with Gasteiger partial charge in [0.1, 0.15) is 17.1 Å². The maximum absolute atomic E-state index is 6.23. The van der Waals surface area contributed by atoms with Crippen molar-refractivity contribution in [3.63, 3.8) is 0 Å². The number of fused-ring (bicyclic) bond motifs is 1. The van der Waals surface area contributed by atoms with Crippen LogP contribution in [0.5, 0.6) is 11.8 Å². The number of nitrogens with zero attached hydrogens (tertiary/aromatic N) is 4. The molecule has 140 valence electrons. The molecule has 0 aliphatic heterocycles. The molecule has 4 rings (SSSR count). The summed E-state index contributed by atoms with van der Waals surface area (Å²) in [6.07, 6.45) is 9.01. The standard InChI is InChI=1S/C19H22N6O2/c1-26-19-23-7-6-17(25-19)24-13-2-4-14(5-3-13)27-16-11-12(20)10-15-18(16)22-9-8-21-15/h6-11,13-14H,2-5,20H2,1H3,(H,23,24,25). The number of nitrogens with one attached hydrogen (secondary N) is 1. The van der Waals surface area contributed by atoms with Gasteiger partial charge in [-0.15, -0.1) is 0 Å². The van der Waals surface area contributed by atoms with Gasteiger partial charge in [-0.25, -0.2) is 9.97 Å². The first-order valence-electron chi connectivity index (χ1n) is 9.02. The van der Waals surface area contributed by atoms with E-state index in [4.69, 9.17) is 15.2 Å². The molecule has 1 saturated carbocycles. The minimum Gasteiger partial charge on any atom is -0.488 e. The van der Waals surface area contributed by atoms with Crippen LogP contribution in [0.1, 0.15) is 25.7 Å². The van der Waals surface area contributed by atoms with Crippen molar-refractivity contribution in [3.8, 4) is 11.8 Å². The van der Waals surface area contributed by atoms with Crippen molar-refractivity contribution in [1.29, 1.82) is 0 Å². The molecule has 3 aromatic rings. The number of ether oxygens (including phenoxy) is 2. The lowest BCUT2D eigenvalue weighted by atomic mass is 9.93. The minimum absolute atomic E-state index is 0.134. The van der Waals surface area contributed by atoms with E-state index in [0.29, 0.717) is 23.5 Å². The smallest absolute Gasteiger partial charge is 0.318 e. The molecule has 0 unspecified atom stereocenters. The molecule has 27 heavy (non-hydrogen) atoms. The zero-order valence-corrected chi connectivity index (χ0v) is 15.1. The van der Waals surface area contributed by atoms with Crippen LogP contribution in [0.4, 0.5) is 11.5 Å². The van der Waals surface area contributed by atoms with Crippen LogP contribution in [0.25, 0.3) is 11.0 Å². The van der Waals surface area contributed by atoms with Crippen LogP contribution in [0, 0.1) is 0 Å². The Morgan fingerprint density at radius 1 is 1.04 bits per heavy atom. The molecule has 0 spiro atoms. The predicted molar refractivity (Wildman–Crippen MR) is 103 cm³/mol. The molecule has 3 N–H and O–H groups in total. The van der Waals surface area contributed by atoms with Crippen molar-refractivity contribution in [3.05, 3.63) is 36.8 Å². The fraction of sp³-hybridized carbons (Fsp3) is 0.368. The largest absolute Gasteiger partial charge is 0.488 e. The third-order valence-electron chi connectivity index (χ3n) is 4.70. The summed E-state index contributed by atoms with van der Waals surface area (Å²) in [6, 6.07) is 6.21. The first kappa shape index (κ1) is 17.3. The van der Waals surface area contributed by atoms with Crippen molar-refractivity contribution in [2.45, 2.75) is 37.8 Å². The van der Waals surface area contributed by atoms with E-state index < -0.39 is 0 Å². The predicted octanol–water partition coefficient (Wildman–Crippen LogP) is 2.81. The highest BCUT2D eigenvalue weighted by molar-refractivity contribution is 5.84. The van der Waals surface area contributed by atoms with E-state index in [1.165, 1.54) is 0 Å². The van der Waals surface area contributed by atoms with Gasteiger partial charge >= 0.3 is 6.01 Å². The van der Waals surface area contributed by atoms with E-state index in [-0.39, 0.29) is 6.10 Å². The van der Waals surface area contributed by atoms with Crippen molar-refractivity contribution in [1.82, 2.24) is 19.9 Å². The zero-order chi connectivity index (χ0) is 18.6. The normalized spacial score (nSPS) is 19.6. The van der Waals surface area contributed by atoms with Gasteiger partial charge in [0.2, 0.25) is 0 Å². The molecule has 1 aromatic carbocycles. The number of nitrogens with two attached hydrogens (primary N) is 1. The molecule has 0 radical (unpaired) electrons. The van der Waals surface area contributed by atoms with E-state index in [9.17, 15) is 0 Å². The fourth-order valence-corrected chi connectivity index (χ4v) is 3.39. The first-order chi connectivity index (χ1) is 13.2. The molecule has 0 saturated heterocycles. The number of hydrogen-bond donors (Lipinski definition) is 2. The molecule has 0 atom stereocenters. The van der Waals surface area contributed by atoms with E-state index in [0.717, 1.165) is 42.5 Å². The van der Waals surface area contributed by atoms with Crippen LogP contribution in [0.2, 0.25) is 0 Å². The average Bonchev–Trinajstić information content (AvgIpc) is 2.69. The Labute approximate surface area is 157 Å². The summed E-state index contributed by atoms with van der Waals surface area (Å²) in [6.45, 7) is 0. The molecule has 1 fully saturated rings. The highest BCUT2D eigenvalue weighted by Gasteiger charge is 2.23. The first-order valence-corrected chi connectivity index (χ1v) is 9.02. The van der Waals surface area contributed by atoms with E-state index >= 15 is 0 Å². The molecule has 1 aliphatic carbocycles. The quantitative estimate of drug-likeness (QED) is 0.664. The van der Waals surface area contributed by atoms with Crippen molar-refractivity contribution in [2.75, 3.05) is 18.2 Å². The Morgan fingerprint density at radius 3 is 2.67 bits per heavy atom. The molecular weight excluding hydrogens is 344 g/mol. The summed E-state index contributed by atoms with van der Waals surface area (Å²) in [4.78, 5) is 17.0. The van der Waals surface area contributed by atoms with Crippen molar-refractivity contribution >= 4 is 22.5 Å². The van der Waals surface area contributed by atoms with Crippen LogP contribution >= 0.6 is 0 Å². The molecule has 2 aromatic heterocycles. The third kappa shape index (κ3) is 3.99. The lowest BCUT2D eigenvalue weighted by Gasteiger charge is -2.30. The summed E-state index contributed by atoms with van der Waals surface area (Å²) >= 11 is 0. The molecule has 8 nitrogen and oxygen atoms in total. The Morgan fingerprint density at radius 2 is 1.85 bits per heavy atom. The fourth-order valence-electron chi connectivity index (χ4n) is 3.39. The van der Waals surface area contributed by atoms with Gasteiger partial charge < -0.3 is 20.5 Å². The van der Waals surface area contributed by atoms with Gasteiger partial charge in [0.15, 0.2) is 0 Å². The molecule has 0 amide bonds. The van der Waals surface area contributed by atoms with Gasteiger partial charge in [-0.2, -0.15) is 4.98 Å². The zero-order valence-electron chi connectivity index (χ0n) is 15.1. The Kier molecular flexibility index (Phi) is 4.86. The van der Waals surface area contributed by atoms with Gasteiger partial charge in [-0.1, -0.05) is 0 Å². The Hall–Kier alpha value is -3.16. The maximum atomic E-state index is 6.23. The van der Waals surface area contributed by atoms with Crippen LogP contribution in [-0.2, 0) is 0 Å². The van der Waals surface area contributed by atoms with Gasteiger partial charge in [0.25, 0.3) is 0 Å². The summed E-state index contributed by atoms with van der Waals surface area (Å²) in [5.74, 6) is 1.48. The van der Waals surface area contributed by atoms with Gasteiger partial charge in [0.05, 0.1) is 18.7 Å². The van der Waals surface area contributed by atoms with Crippen LogP contribution in [-0.4, -0.2) is 39.2 Å². The lowest BCUT2D eigenvalue weighted by molar-refractivity contribution is 0.152. The van der Waals surface area contributed by atoms with Crippen LogP contribution < -0.4 is 20.5 Å². The summed E-state index contributed by atoms with van der Waals surface area (Å²) in [7, 11) is 1.56. The number of hydrogen-bond acceptors (Lipinski definition) is 8. The Bertz CT molecular complexity index is 927. The minimum atomic E-state index is 0.134. The number of methoxy groups -OCH3 is 1. The topological polar surface area (TPSA) is 108 Å². The second-order valence-electron chi connectivity index (χ2n) is 6.61. The van der Waals surface area contributed by atoms with Crippen molar-refractivity contribution in [2.24, 2.45) is 0 Å². The van der Waals surface area contributed by atoms with Crippen molar-refractivity contribution < 1.29 is 9.47 Å². The lowest BCUT2D eigenvalue weighted by Crippen LogP contribution is -2.31.